The molecule has 104 valence electrons. The number of carbonyl (C=O) groups excluding carboxylic acids is 1. The molecule has 1 saturated heterocycles. The van der Waals surface area contributed by atoms with Crippen molar-refractivity contribution >= 4 is 23.8 Å². The molecule has 0 unspecified atom stereocenters. The standard InChI is InChI=1S/C12H21NO4S/c1-12(2,3)17-11(16)13-7-9(18-8-13)5-4-6-10(14)15/h9H,4-8H2,1-3H3,(H,14,15)/t9-/m0/s1. The minimum absolute atomic E-state index is 0.198. The number of ether oxygens (including phenoxy) is 1. The van der Waals surface area contributed by atoms with Gasteiger partial charge in [-0.2, -0.15) is 0 Å². The molecule has 0 aliphatic carbocycles. The zero-order valence-corrected chi connectivity index (χ0v) is 12.0. The lowest BCUT2D eigenvalue weighted by molar-refractivity contribution is -0.137. The third-order valence-corrected chi connectivity index (χ3v) is 3.78. The average molecular weight is 275 g/mol. The van der Waals surface area contributed by atoms with E-state index in [9.17, 15) is 9.59 Å². The summed E-state index contributed by atoms with van der Waals surface area (Å²) >= 11 is 1.69. The molecule has 1 aliphatic rings. The molecule has 0 aromatic carbocycles. The third-order valence-electron chi connectivity index (χ3n) is 2.46. The van der Waals surface area contributed by atoms with E-state index < -0.39 is 11.6 Å². The quantitative estimate of drug-likeness (QED) is 0.854. The Labute approximate surface area is 112 Å². The fourth-order valence-corrected chi connectivity index (χ4v) is 2.88. The Kier molecular flexibility index (Phi) is 5.31. The van der Waals surface area contributed by atoms with Gasteiger partial charge in [0.1, 0.15) is 5.60 Å². The third kappa shape index (κ3) is 5.62. The predicted octanol–water partition coefficient (Wildman–Crippen LogP) is 2.55. The number of nitrogens with zero attached hydrogens (tertiary/aromatic N) is 1. The number of amides is 1. The molecule has 0 saturated carbocycles. The van der Waals surface area contributed by atoms with Crippen molar-refractivity contribution in [2.45, 2.75) is 50.9 Å². The van der Waals surface area contributed by atoms with Gasteiger partial charge in [-0.25, -0.2) is 4.79 Å². The maximum absolute atomic E-state index is 11.8. The van der Waals surface area contributed by atoms with E-state index in [4.69, 9.17) is 9.84 Å². The molecule has 0 radical (unpaired) electrons. The molecule has 1 heterocycles. The van der Waals surface area contributed by atoms with Gasteiger partial charge in [0.15, 0.2) is 0 Å². The SMILES string of the molecule is CC(C)(C)OC(=O)N1CS[C@@H](CCCC(=O)O)C1. The minimum atomic E-state index is -0.762. The first-order valence-electron chi connectivity index (χ1n) is 6.09. The molecule has 1 N–H and O–H groups in total. The number of aliphatic carboxylic acids is 1. The number of carbonyl (C=O) groups is 2. The van der Waals surface area contributed by atoms with Gasteiger partial charge in [-0.3, -0.25) is 9.69 Å². The van der Waals surface area contributed by atoms with Gasteiger partial charge in [0.2, 0.25) is 0 Å². The molecule has 6 heteroatoms. The predicted molar refractivity (Wildman–Crippen MR) is 70.7 cm³/mol. The van der Waals surface area contributed by atoms with E-state index in [1.54, 1.807) is 16.7 Å². The lowest BCUT2D eigenvalue weighted by Crippen LogP contribution is -2.35. The van der Waals surface area contributed by atoms with Crippen molar-refractivity contribution in [1.29, 1.82) is 0 Å². The highest BCUT2D eigenvalue weighted by Crippen LogP contribution is 2.27. The maximum atomic E-state index is 11.8. The van der Waals surface area contributed by atoms with Crippen LogP contribution in [0.5, 0.6) is 0 Å². The summed E-state index contributed by atoms with van der Waals surface area (Å²) in [4.78, 5) is 23.9. The van der Waals surface area contributed by atoms with E-state index in [2.05, 4.69) is 0 Å². The van der Waals surface area contributed by atoms with Crippen LogP contribution in [0.2, 0.25) is 0 Å². The first-order valence-corrected chi connectivity index (χ1v) is 7.14. The highest BCUT2D eigenvalue weighted by atomic mass is 32.2. The molecule has 0 spiro atoms. The molecule has 1 amide bonds. The van der Waals surface area contributed by atoms with E-state index in [0.29, 0.717) is 24.1 Å². The van der Waals surface area contributed by atoms with E-state index in [0.717, 1.165) is 6.42 Å². The van der Waals surface area contributed by atoms with Crippen LogP contribution in [-0.2, 0) is 9.53 Å². The fraction of sp³-hybridized carbons (Fsp3) is 0.833. The summed E-state index contributed by atoms with van der Waals surface area (Å²) in [5.41, 5.74) is -0.469. The van der Waals surface area contributed by atoms with Crippen LogP contribution in [0.15, 0.2) is 0 Å². The van der Waals surface area contributed by atoms with E-state index in [1.165, 1.54) is 0 Å². The highest BCUT2D eigenvalue weighted by molar-refractivity contribution is 8.00. The molecule has 1 fully saturated rings. The molecule has 18 heavy (non-hydrogen) atoms. The molecule has 0 bridgehead atoms. The molecular formula is C12H21NO4S. The number of carboxylic acids is 1. The zero-order valence-electron chi connectivity index (χ0n) is 11.1. The summed E-state index contributed by atoms with van der Waals surface area (Å²) in [6.45, 7) is 6.19. The second-order valence-electron chi connectivity index (χ2n) is 5.41. The van der Waals surface area contributed by atoms with Gasteiger partial charge < -0.3 is 9.84 Å². The monoisotopic (exact) mass is 275 g/mol. The van der Waals surface area contributed by atoms with Gasteiger partial charge in [0.25, 0.3) is 0 Å². The van der Waals surface area contributed by atoms with Crippen LogP contribution in [0.4, 0.5) is 4.79 Å². The van der Waals surface area contributed by atoms with Crippen molar-refractivity contribution < 1.29 is 19.4 Å². The second-order valence-corrected chi connectivity index (χ2v) is 6.66. The first kappa shape index (κ1) is 15.1. The van der Waals surface area contributed by atoms with Gasteiger partial charge >= 0.3 is 12.1 Å². The van der Waals surface area contributed by atoms with Gasteiger partial charge in [0.05, 0.1) is 5.88 Å². The summed E-state index contributed by atoms with van der Waals surface area (Å²) < 4.78 is 5.29. The van der Waals surface area contributed by atoms with Gasteiger partial charge in [-0.15, -0.1) is 11.8 Å². The topological polar surface area (TPSA) is 66.8 Å². The van der Waals surface area contributed by atoms with Gasteiger partial charge in [-0.1, -0.05) is 0 Å². The minimum Gasteiger partial charge on any atom is -0.481 e. The Hall–Kier alpha value is -0.910. The van der Waals surface area contributed by atoms with E-state index in [-0.39, 0.29) is 12.5 Å². The van der Waals surface area contributed by atoms with Gasteiger partial charge in [-0.05, 0) is 33.6 Å². The van der Waals surface area contributed by atoms with Crippen LogP contribution in [0, 0.1) is 0 Å². The summed E-state index contributed by atoms with van der Waals surface area (Å²) in [6, 6.07) is 0. The smallest absolute Gasteiger partial charge is 0.411 e. The van der Waals surface area contributed by atoms with Crippen LogP contribution < -0.4 is 0 Å². The fourth-order valence-electron chi connectivity index (χ4n) is 1.66. The van der Waals surface area contributed by atoms with Crippen LogP contribution >= 0.6 is 11.8 Å². The maximum Gasteiger partial charge on any atom is 0.411 e. The van der Waals surface area contributed by atoms with E-state index >= 15 is 0 Å². The normalized spacial score (nSPS) is 19.9. The molecule has 1 aliphatic heterocycles. The van der Waals surface area contributed by atoms with Crippen molar-refractivity contribution in [2.75, 3.05) is 12.4 Å². The zero-order chi connectivity index (χ0) is 13.8. The lowest BCUT2D eigenvalue weighted by atomic mass is 10.2. The molecule has 0 aromatic heterocycles. The number of rotatable bonds is 4. The Balaban J connectivity index is 2.28. The highest BCUT2D eigenvalue weighted by Gasteiger charge is 2.29. The second kappa shape index (κ2) is 6.31. The molecular weight excluding hydrogens is 254 g/mol. The van der Waals surface area contributed by atoms with Gasteiger partial charge in [0, 0.05) is 18.2 Å². The summed E-state index contributed by atoms with van der Waals surface area (Å²) in [7, 11) is 0. The first-order chi connectivity index (χ1) is 8.28. The number of hydrogen-bond acceptors (Lipinski definition) is 4. The van der Waals surface area contributed by atoms with Crippen LogP contribution in [0.3, 0.4) is 0 Å². The van der Waals surface area contributed by atoms with Crippen LogP contribution in [0.25, 0.3) is 0 Å². The molecule has 0 aromatic rings. The van der Waals surface area contributed by atoms with Crippen LogP contribution in [-0.4, -0.2) is 45.3 Å². The van der Waals surface area contributed by atoms with Crippen molar-refractivity contribution in [3.05, 3.63) is 0 Å². The Bertz CT molecular complexity index is 314. The number of thioether (sulfide) groups is 1. The lowest BCUT2D eigenvalue weighted by Gasteiger charge is -2.24. The van der Waals surface area contributed by atoms with Crippen molar-refractivity contribution in [3.63, 3.8) is 0 Å². The number of carboxylic acid groups (broad SMARTS) is 1. The van der Waals surface area contributed by atoms with Crippen LogP contribution in [0.1, 0.15) is 40.0 Å². The number of hydrogen-bond donors (Lipinski definition) is 1. The summed E-state index contributed by atoms with van der Waals surface area (Å²) in [5, 5.41) is 8.89. The summed E-state index contributed by atoms with van der Waals surface area (Å²) in [6.07, 6.45) is 1.41. The molecule has 1 rings (SSSR count). The Morgan fingerprint density at radius 2 is 2.11 bits per heavy atom. The molecule has 5 nitrogen and oxygen atoms in total. The Morgan fingerprint density at radius 3 is 2.67 bits per heavy atom. The largest absolute Gasteiger partial charge is 0.481 e. The summed E-state index contributed by atoms with van der Waals surface area (Å²) in [5.74, 6) is -0.130. The van der Waals surface area contributed by atoms with Crippen molar-refractivity contribution in [3.8, 4) is 0 Å². The Morgan fingerprint density at radius 1 is 1.44 bits per heavy atom. The molecule has 1 atom stereocenters. The average Bonchev–Trinajstić information content (AvgIpc) is 2.63. The van der Waals surface area contributed by atoms with Crippen molar-refractivity contribution in [1.82, 2.24) is 4.90 Å². The van der Waals surface area contributed by atoms with E-state index in [1.807, 2.05) is 20.8 Å². The van der Waals surface area contributed by atoms with Crippen molar-refractivity contribution in [2.24, 2.45) is 0 Å².